The SMILES string of the molecule is O=CCCCCCC(=O)CCCCC(C(=O)c1ccccc1)c1ccccc1. The summed E-state index contributed by atoms with van der Waals surface area (Å²) in [6.45, 7) is 0. The Morgan fingerprint density at radius 1 is 0.750 bits per heavy atom. The van der Waals surface area contributed by atoms with E-state index in [9.17, 15) is 14.4 Å². The Hall–Kier alpha value is -2.55. The lowest BCUT2D eigenvalue weighted by atomic mass is 9.86. The summed E-state index contributed by atoms with van der Waals surface area (Å²) in [5.41, 5.74) is 1.78. The molecular formula is C25H30O3. The van der Waals surface area contributed by atoms with Crippen LogP contribution in [-0.4, -0.2) is 17.9 Å². The molecule has 0 saturated carbocycles. The van der Waals surface area contributed by atoms with Crippen molar-refractivity contribution in [2.24, 2.45) is 0 Å². The largest absolute Gasteiger partial charge is 0.303 e. The monoisotopic (exact) mass is 378 g/mol. The van der Waals surface area contributed by atoms with Crippen LogP contribution in [0.5, 0.6) is 0 Å². The van der Waals surface area contributed by atoms with E-state index >= 15 is 0 Å². The first kappa shape index (κ1) is 21.7. The van der Waals surface area contributed by atoms with Crippen LogP contribution in [0.4, 0.5) is 0 Å². The Morgan fingerprint density at radius 2 is 1.36 bits per heavy atom. The van der Waals surface area contributed by atoms with Gasteiger partial charge in [0.1, 0.15) is 12.1 Å². The molecule has 0 saturated heterocycles. The molecule has 0 N–H and O–H groups in total. The van der Waals surface area contributed by atoms with E-state index in [2.05, 4.69) is 0 Å². The van der Waals surface area contributed by atoms with E-state index in [-0.39, 0.29) is 17.5 Å². The fourth-order valence-corrected chi connectivity index (χ4v) is 3.46. The summed E-state index contributed by atoms with van der Waals surface area (Å²) in [5, 5.41) is 0. The normalized spacial score (nSPS) is 11.7. The predicted molar refractivity (Wildman–Crippen MR) is 113 cm³/mol. The van der Waals surface area contributed by atoms with Crippen LogP contribution >= 0.6 is 0 Å². The van der Waals surface area contributed by atoms with Gasteiger partial charge in [-0.05, 0) is 31.2 Å². The molecule has 0 amide bonds. The molecule has 3 heteroatoms. The number of unbranched alkanes of at least 4 members (excludes halogenated alkanes) is 4. The predicted octanol–water partition coefficient (Wildman–Crippen LogP) is 5.93. The number of carbonyl (C=O) groups is 3. The van der Waals surface area contributed by atoms with Crippen molar-refractivity contribution in [3.8, 4) is 0 Å². The Labute approximate surface area is 168 Å². The van der Waals surface area contributed by atoms with Gasteiger partial charge in [0.25, 0.3) is 0 Å². The summed E-state index contributed by atoms with van der Waals surface area (Å²) in [4.78, 5) is 35.3. The van der Waals surface area contributed by atoms with Gasteiger partial charge in [-0.1, -0.05) is 73.5 Å². The van der Waals surface area contributed by atoms with Gasteiger partial charge in [-0.15, -0.1) is 0 Å². The lowest BCUT2D eigenvalue weighted by molar-refractivity contribution is -0.119. The third-order valence-corrected chi connectivity index (χ3v) is 5.05. The van der Waals surface area contributed by atoms with Crippen LogP contribution in [0.15, 0.2) is 60.7 Å². The van der Waals surface area contributed by atoms with Crippen LogP contribution in [0.1, 0.15) is 79.6 Å². The van der Waals surface area contributed by atoms with Gasteiger partial charge in [-0.2, -0.15) is 0 Å². The van der Waals surface area contributed by atoms with Gasteiger partial charge in [0, 0.05) is 30.7 Å². The number of aldehydes is 1. The lowest BCUT2D eigenvalue weighted by Gasteiger charge is -2.16. The van der Waals surface area contributed by atoms with Crippen molar-refractivity contribution in [1.82, 2.24) is 0 Å². The minimum Gasteiger partial charge on any atom is -0.303 e. The highest BCUT2D eigenvalue weighted by Gasteiger charge is 2.21. The van der Waals surface area contributed by atoms with Crippen molar-refractivity contribution in [3.63, 3.8) is 0 Å². The van der Waals surface area contributed by atoms with Crippen molar-refractivity contribution in [3.05, 3.63) is 71.8 Å². The molecule has 0 aliphatic heterocycles. The van der Waals surface area contributed by atoms with Gasteiger partial charge in [0.05, 0.1) is 0 Å². The van der Waals surface area contributed by atoms with Crippen LogP contribution < -0.4 is 0 Å². The fourth-order valence-electron chi connectivity index (χ4n) is 3.46. The third-order valence-electron chi connectivity index (χ3n) is 5.05. The maximum Gasteiger partial charge on any atom is 0.170 e. The van der Waals surface area contributed by atoms with Crippen molar-refractivity contribution < 1.29 is 14.4 Å². The Balaban J connectivity index is 1.82. The molecule has 0 bridgehead atoms. The smallest absolute Gasteiger partial charge is 0.170 e. The maximum atomic E-state index is 13.0. The number of rotatable bonds is 14. The van der Waals surface area contributed by atoms with Crippen molar-refractivity contribution in [1.29, 1.82) is 0 Å². The van der Waals surface area contributed by atoms with E-state index < -0.39 is 0 Å². The molecule has 0 heterocycles. The second kappa shape index (κ2) is 12.8. The molecule has 0 aliphatic carbocycles. The van der Waals surface area contributed by atoms with Gasteiger partial charge >= 0.3 is 0 Å². The first-order valence-electron chi connectivity index (χ1n) is 10.3. The summed E-state index contributed by atoms with van der Waals surface area (Å²) < 4.78 is 0. The van der Waals surface area contributed by atoms with E-state index in [0.717, 1.165) is 55.9 Å². The molecule has 2 aromatic rings. The van der Waals surface area contributed by atoms with E-state index in [1.165, 1.54) is 0 Å². The molecular weight excluding hydrogens is 348 g/mol. The Bertz CT molecular complexity index is 722. The molecule has 1 unspecified atom stereocenters. The molecule has 148 valence electrons. The van der Waals surface area contributed by atoms with Crippen LogP contribution in [0.2, 0.25) is 0 Å². The van der Waals surface area contributed by atoms with Gasteiger partial charge in [-0.3, -0.25) is 9.59 Å². The number of hydrogen-bond acceptors (Lipinski definition) is 3. The molecule has 0 spiro atoms. The zero-order valence-corrected chi connectivity index (χ0v) is 16.5. The quantitative estimate of drug-likeness (QED) is 0.232. The van der Waals surface area contributed by atoms with Crippen LogP contribution in [0, 0.1) is 0 Å². The molecule has 0 fully saturated rings. The highest BCUT2D eigenvalue weighted by molar-refractivity contribution is 6.00. The first-order valence-corrected chi connectivity index (χ1v) is 10.3. The zero-order valence-electron chi connectivity index (χ0n) is 16.5. The molecule has 28 heavy (non-hydrogen) atoms. The van der Waals surface area contributed by atoms with Gasteiger partial charge in [0.15, 0.2) is 5.78 Å². The summed E-state index contributed by atoms with van der Waals surface area (Å²) in [6.07, 6.45) is 7.80. The summed E-state index contributed by atoms with van der Waals surface area (Å²) >= 11 is 0. The molecule has 2 aromatic carbocycles. The number of ketones is 2. The fraction of sp³-hybridized carbons (Fsp3) is 0.400. The van der Waals surface area contributed by atoms with Crippen molar-refractivity contribution in [2.75, 3.05) is 0 Å². The lowest BCUT2D eigenvalue weighted by Crippen LogP contribution is -2.13. The highest BCUT2D eigenvalue weighted by Crippen LogP contribution is 2.27. The van der Waals surface area contributed by atoms with E-state index in [1.54, 1.807) is 0 Å². The minimum atomic E-state index is -0.165. The Morgan fingerprint density at radius 3 is 2.00 bits per heavy atom. The average Bonchev–Trinajstić information content (AvgIpc) is 2.74. The molecule has 3 nitrogen and oxygen atoms in total. The van der Waals surface area contributed by atoms with Crippen LogP contribution in [0.3, 0.4) is 0 Å². The molecule has 1 atom stereocenters. The molecule has 0 aliphatic rings. The number of benzene rings is 2. The Kier molecular flexibility index (Phi) is 9.92. The van der Waals surface area contributed by atoms with E-state index in [0.29, 0.717) is 19.3 Å². The second-order valence-corrected chi connectivity index (χ2v) is 7.24. The number of hydrogen-bond donors (Lipinski definition) is 0. The van der Waals surface area contributed by atoms with Gasteiger partial charge < -0.3 is 4.79 Å². The minimum absolute atomic E-state index is 0.147. The topological polar surface area (TPSA) is 51.2 Å². The maximum absolute atomic E-state index is 13.0. The van der Waals surface area contributed by atoms with E-state index in [1.807, 2.05) is 60.7 Å². The van der Waals surface area contributed by atoms with Crippen molar-refractivity contribution in [2.45, 2.75) is 63.7 Å². The third kappa shape index (κ3) is 7.59. The van der Waals surface area contributed by atoms with Crippen molar-refractivity contribution >= 4 is 17.9 Å². The summed E-state index contributed by atoms with van der Waals surface area (Å²) in [7, 11) is 0. The molecule has 0 radical (unpaired) electrons. The number of carbonyl (C=O) groups excluding carboxylic acids is 3. The van der Waals surface area contributed by atoms with E-state index in [4.69, 9.17) is 0 Å². The standard InChI is InChI=1S/C25H30O3/c26-20-12-2-1-9-17-23(27)18-10-11-19-24(21-13-5-3-6-14-21)25(28)22-15-7-4-8-16-22/h3-8,13-16,20,24H,1-2,9-12,17-19H2. The van der Waals surface area contributed by atoms with Gasteiger partial charge in [0.2, 0.25) is 0 Å². The molecule has 0 aromatic heterocycles. The van der Waals surface area contributed by atoms with Gasteiger partial charge in [-0.25, -0.2) is 0 Å². The average molecular weight is 379 g/mol. The summed E-state index contributed by atoms with van der Waals surface area (Å²) in [5.74, 6) is 0.270. The van der Waals surface area contributed by atoms with Crippen LogP contribution in [0.25, 0.3) is 0 Å². The van der Waals surface area contributed by atoms with Crippen LogP contribution in [-0.2, 0) is 9.59 Å². The summed E-state index contributed by atoms with van der Waals surface area (Å²) in [6, 6.07) is 19.3. The first-order chi connectivity index (χ1) is 13.7. The molecule has 2 rings (SSSR count). The zero-order chi connectivity index (χ0) is 20.0. The number of Topliss-reactive ketones (excluding diaryl/α,β-unsaturated/α-hetero) is 2. The second-order valence-electron chi connectivity index (χ2n) is 7.24. The highest BCUT2D eigenvalue weighted by atomic mass is 16.1.